The van der Waals surface area contributed by atoms with E-state index in [0.717, 1.165) is 22.9 Å². The van der Waals surface area contributed by atoms with Crippen molar-refractivity contribution in [3.05, 3.63) is 28.5 Å². The topological polar surface area (TPSA) is 71.2 Å². The summed E-state index contributed by atoms with van der Waals surface area (Å²) < 4.78 is 0.965. The lowest BCUT2D eigenvalue weighted by Crippen LogP contribution is -2.44. The van der Waals surface area contributed by atoms with Crippen LogP contribution >= 0.6 is 15.9 Å². The standard InChI is InChI=1S/C14H22BrN3O/c15-12-5-11(7-17-8-12)14(6-16)18-13-4-2-1-3-10(13)9-19/h5,7-8,10,13-14,18-19H,1-4,6,9,16H2. The molecule has 3 unspecified atom stereocenters. The zero-order chi connectivity index (χ0) is 13.7. The average Bonchev–Trinajstić information content (AvgIpc) is 2.45. The number of aliphatic hydroxyl groups is 1. The van der Waals surface area contributed by atoms with Crippen molar-refractivity contribution in [3.63, 3.8) is 0 Å². The molecule has 0 bridgehead atoms. The van der Waals surface area contributed by atoms with Crippen molar-refractivity contribution < 1.29 is 5.11 Å². The summed E-state index contributed by atoms with van der Waals surface area (Å²) in [6.45, 7) is 0.790. The third-order valence-corrected chi connectivity index (χ3v) is 4.36. The molecule has 106 valence electrons. The SMILES string of the molecule is NCC(NC1CCCCC1CO)c1cncc(Br)c1. The second-order valence-electron chi connectivity index (χ2n) is 5.23. The molecule has 5 heteroatoms. The third-order valence-electron chi connectivity index (χ3n) is 3.92. The van der Waals surface area contributed by atoms with E-state index in [-0.39, 0.29) is 12.6 Å². The number of pyridine rings is 1. The van der Waals surface area contributed by atoms with E-state index < -0.39 is 0 Å². The first-order valence-corrected chi connectivity index (χ1v) is 7.71. The van der Waals surface area contributed by atoms with Gasteiger partial charge in [-0.05, 0) is 46.3 Å². The van der Waals surface area contributed by atoms with Crippen LogP contribution in [0.3, 0.4) is 0 Å². The molecule has 3 atom stereocenters. The van der Waals surface area contributed by atoms with E-state index in [2.05, 4.69) is 26.2 Å². The van der Waals surface area contributed by atoms with Crippen LogP contribution in [0.25, 0.3) is 0 Å². The maximum atomic E-state index is 9.47. The normalized spacial score (nSPS) is 25.2. The van der Waals surface area contributed by atoms with Gasteiger partial charge in [-0.15, -0.1) is 0 Å². The van der Waals surface area contributed by atoms with Crippen LogP contribution in [0.15, 0.2) is 22.9 Å². The summed E-state index contributed by atoms with van der Waals surface area (Å²) in [4.78, 5) is 4.19. The second-order valence-corrected chi connectivity index (χ2v) is 6.14. The molecular weight excluding hydrogens is 306 g/mol. The zero-order valence-corrected chi connectivity index (χ0v) is 12.6. The molecule has 19 heavy (non-hydrogen) atoms. The Kier molecular flexibility index (Phi) is 5.76. The summed E-state index contributed by atoms with van der Waals surface area (Å²) in [6.07, 6.45) is 8.28. The van der Waals surface area contributed by atoms with Gasteiger partial charge in [0.25, 0.3) is 0 Å². The first-order chi connectivity index (χ1) is 9.24. The molecule has 4 nitrogen and oxygen atoms in total. The van der Waals surface area contributed by atoms with Crippen LogP contribution in [-0.4, -0.2) is 29.3 Å². The first kappa shape index (κ1) is 14.9. The van der Waals surface area contributed by atoms with Crippen molar-refractivity contribution in [2.75, 3.05) is 13.2 Å². The minimum atomic E-state index is 0.0992. The first-order valence-electron chi connectivity index (χ1n) is 6.92. The van der Waals surface area contributed by atoms with Gasteiger partial charge in [0.15, 0.2) is 0 Å². The monoisotopic (exact) mass is 327 g/mol. The van der Waals surface area contributed by atoms with E-state index in [1.807, 2.05) is 12.3 Å². The van der Waals surface area contributed by atoms with E-state index >= 15 is 0 Å². The van der Waals surface area contributed by atoms with E-state index in [9.17, 15) is 5.11 Å². The van der Waals surface area contributed by atoms with Crippen LogP contribution in [0, 0.1) is 5.92 Å². The van der Waals surface area contributed by atoms with Gasteiger partial charge in [0.05, 0.1) is 0 Å². The number of hydrogen-bond donors (Lipinski definition) is 3. The van der Waals surface area contributed by atoms with E-state index in [1.54, 1.807) is 6.20 Å². The molecule has 1 aliphatic rings. The number of nitrogens with zero attached hydrogens (tertiary/aromatic N) is 1. The zero-order valence-electron chi connectivity index (χ0n) is 11.1. The predicted octanol–water partition coefficient (Wildman–Crippen LogP) is 1.98. The Labute approximate surface area is 122 Å². The Morgan fingerprint density at radius 2 is 2.21 bits per heavy atom. The lowest BCUT2D eigenvalue weighted by molar-refractivity contribution is 0.146. The summed E-state index contributed by atoms with van der Waals surface area (Å²) in [5, 5.41) is 13.1. The van der Waals surface area contributed by atoms with Crippen LogP contribution in [0.5, 0.6) is 0 Å². The number of hydrogen-bond acceptors (Lipinski definition) is 4. The highest BCUT2D eigenvalue weighted by Gasteiger charge is 2.26. The molecule has 0 aromatic carbocycles. The van der Waals surface area contributed by atoms with Crippen LogP contribution in [0.1, 0.15) is 37.3 Å². The molecule has 1 saturated carbocycles. The Morgan fingerprint density at radius 3 is 2.89 bits per heavy atom. The molecule has 1 aromatic heterocycles. The molecule has 0 spiro atoms. The largest absolute Gasteiger partial charge is 0.396 e. The molecule has 0 aliphatic heterocycles. The van der Waals surface area contributed by atoms with Gasteiger partial charge in [0.2, 0.25) is 0 Å². The molecule has 1 fully saturated rings. The maximum Gasteiger partial charge on any atom is 0.0474 e. The quantitative estimate of drug-likeness (QED) is 0.773. The highest BCUT2D eigenvalue weighted by Crippen LogP contribution is 2.26. The average molecular weight is 328 g/mol. The number of aliphatic hydroxyl groups excluding tert-OH is 1. The van der Waals surface area contributed by atoms with Gasteiger partial charge < -0.3 is 16.2 Å². The van der Waals surface area contributed by atoms with Crippen LogP contribution in [-0.2, 0) is 0 Å². The minimum absolute atomic E-state index is 0.0992. The van der Waals surface area contributed by atoms with Gasteiger partial charge in [-0.25, -0.2) is 0 Å². The molecule has 1 heterocycles. The van der Waals surface area contributed by atoms with Gasteiger partial charge in [0.1, 0.15) is 0 Å². The van der Waals surface area contributed by atoms with Crippen molar-refractivity contribution in [2.45, 2.75) is 37.8 Å². The molecule has 1 aromatic rings. The number of aromatic nitrogens is 1. The maximum absolute atomic E-state index is 9.47. The lowest BCUT2D eigenvalue weighted by atomic mass is 9.84. The Balaban J connectivity index is 2.05. The second kappa shape index (κ2) is 7.33. The summed E-state index contributed by atoms with van der Waals surface area (Å²) in [6, 6.07) is 2.50. The van der Waals surface area contributed by atoms with E-state index in [4.69, 9.17) is 5.73 Å². The molecule has 1 aliphatic carbocycles. The van der Waals surface area contributed by atoms with Gasteiger partial charge in [-0.2, -0.15) is 0 Å². The summed E-state index contributed by atoms with van der Waals surface area (Å²) in [7, 11) is 0. The Bertz CT molecular complexity index is 402. The highest BCUT2D eigenvalue weighted by atomic mass is 79.9. The minimum Gasteiger partial charge on any atom is -0.396 e. The number of halogens is 1. The molecule has 4 N–H and O–H groups in total. The number of nitrogens with two attached hydrogens (primary N) is 1. The number of nitrogens with one attached hydrogen (secondary N) is 1. The summed E-state index contributed by atoms with van der Waals surface area (Å²) in [5.41, 5.74) is 6.99. The highest BCUT2D eigenvalue weighted by molar-refractivity contribution is 9.10. The van der Waals surface area contributed by atoms with Gasteiger partial charge in [-0.1, -0.05) is 12.8 Å². The van der Waals surface area contributed by atoms with Gasteiger partial charge in [-0.3, -0.25) is 4.98 Å². The van der Waals surface area contributed by atoms with Crippen LogP contribution in [0.2, 0.25) is 0 Å². The molecular formula is C14H22BrN3O. The van der Waals surface area contributed by atoms with Crippen molar-refractivity contribution in [3.8, 4) is 0 Å². The van der Waals surface area contributed by atoms with Crippen molar-refractivity contribution in [1.82, 2.24) is 10.3 Å². The fourth-order valence-electron chi connectivity index (χ4n) is 2.82. The smallest absolute Gasteiger partial charge is 0.0474 e. The summed E-state index contributed by atoms with van der Waals surface area (Å²) in [5.74, 6) is 0.350. The van der Waals surface area contributed by atoms with Gasteiger partial charge in [0, 0.05) is 42.1 Å². The van der Waals surface area contributed by atoms with Crippen molar-refractivity contribution in [2.24, 2.45) is 11.7 Å². The predicted molar refractivity (Wildman–Crippen MR) is 79.7 cm³/mol. The lowest BCUT2D eigenvalue weighted by Gasteiger charge is -2.34. The Morgan fingerprint density at radius 1 is 1.42 bits per heavy atom. The van der Waals surface area contributed by atoms with Crippen LogP contribution in [0.4, 0.5) is 0 Å². The third kappa shape index (κ3) is 3.99. The van der Waals surface area contributed by atoms with Crippen molar-refractivity contribution >= 4 is 15.9 Å². The fraction of sp³-hybridized carbons (Fsp3) is 0.643. The van der Waals surface area contributed by atoms with E-state index in [0.29, 0.717) is 18.5 Å². The van der Waals surface area contributed by atoms with Gasteiger partial charge >= 0.3 is 0 Å². The van der Waals surface area contributed by atoms with Crippen molar-refractivity contribution in [1.29, 1.82) is 0 Å². The Hall–Kier alpha value is -0.490. The molecule has 0 saturated heterocycles. The fourth-order valence-corrected chi connectivity index (χ4v) is 3.21. The molecule has 0 radical (unpaired) electrons. The summed E-state index contributed by atoms with van der Waals surface area (Å²) >= 11 is 3.44. The number of rotatable bonds is 5. The van der Waals surface area contributed by atoms with E-state index in [1.165, 1.54) is 12.8 Å². The van der Waals surface area contributed by atoms with Crippen LogP contribution < -0.4 is 11.1 Å². The molecule has 2 rings (SSSR count). The molecule has 0 amide bonds.